The van der Waals surface area contributed by atoms with Crippen molar-refractivity contribution < 1.29 is 23.5 Å². The predicted molar refractivity (Wildman–Crippen MR) is 124 cm³/mol. The van der Waals surface area contributed by atoms with Gasteiger partial charge in [0.2, 0.25) is 0 Å². The highest BCUT2D eigenvalue weighted by molar-refractivity contribution is 5.98. The molecule has 34 heavy (non-hydrogen) atoms. The van der Waals surface area contributed by atoms with E-state index in [2.05, 4.69) is 10.4 Å². The number of halogens is 1. The second-order valence-corrected chi connectivity index (χ2v) is 8.04. The number of hydrogen-bond donors (Lipinski definition) is 1. The number of rotatable bonds is 8. The van der Waals surface area contributed by atoms with Crippen molar-refractivity contribution >= 4 is 11.8 Å². The molecule has 0 aliphatic carbocycles. The lowest BCUT2D eigenvalue weighted by Crippen LogP contribution is -2.30. The van der Waals surface area contributed by atoms with Gasteiger partial charge in [-0.15, -0.1) is 0 Å². The summed E-state index contributed by atoms with van der Waals surface area (Å²) in [5.41, 5.74) is 2.42. The summed E-state index contributed by atoms with van der Waals surface area (Å²) in [5, 5.41) is 7.22. The lowest BCUT2D eigenvalue weighted by atomic mass is 10.1. The van der Waals surface area contributed by atoms with Gasteiger partial charge in [-0.25, -0.2) is 4.39 Å². The highest BCUT2D eigenvalue weighted by Crippen LogP contribution is 2.27. The topological polar surface area (TPSA) is 85.7 Å². The highest BCUT2D eigenvalue weighted by Gasteiger charge is 2.26. The van der Waals surface area contributed by atoms with Crippen LogP contribution in [-0.2, 0) is 19.5 Å². The van der Waals surface area contributed by atoms with Crippen molar-refractivity contribution in [1.82, 2.24) is 20.0 Å². The zero-order valence-corrected chi connectivity index (χ0v) is 19.2. The number of aromatic nitrogens is 2. The van der Waals surface area contributed by atoms with Gasteiger partial charge in [0.05, 0.1) is 14.2 Å². The molecule has 9 heteroatoms. The number of ether oxygens (including phenoxy) is 2. The third kappa shape index (κ3) is 5.19. The summed E-state index contributed by atoms with van der Waals surface area (Å²) < 4.78 is 25.3. The van der Waals surface area contributed by atoms with E-state index in [1.54, 1.807) is 35.9 Å². The summed E-state index contributed by atoms with van der Waals surface area (Å²) in [7, 11) is 3.16. The number of methoxy groups -OCH3 is 2. The molecule has 1 aliphatic rings. The fourth-order valence-electron chi connectivity index (χ4n) is 3.95. The van der Waals surface area contributed by atoms with Gasteiger partial charge in [0, 0.05) is 32.2 Å². The number of aryl methyl sites for hydroxylation is 1. The van der Waals surface area contributed by atoms with E-state index in [4.69, 9.17) is 9.47 Å². The molecule has 1 N–H and O–H groups in total. The van der Waals surface area contributed by atoms with Gasteiger partial charge in [-0.3, -0.25) is 14.3 Å². The van der Waals surface area contributed by atoms with Crippen LogP contribution >= 0.6 is 0 Å². The molecule has 0 saturated carbocycles. The molecule has 8 nitrogen and oxygen atoms in total. The first-order valence-corrected chi connectivity index (χ1v) is 11.1. The summed E-state index contributed by atoms with van der Waals surface area (Å²) in [5.74, 6) is 0.434. The molecule has 2 aromatic carbocycles. The van der Waals surface area contributed by atoms with Gasteiger partial charge < -0.3 is 19.7 Å². The van der Waals surface area contributed by atoms with Crippen LogP contribution < -0.4 is 14.8 Å². The van der Waals surface area contributed by atoms with E-state index < -0.39 is 0 Å². The minimum absolute atomic E-state index is 0.196. The number of benzene rings is 2. The molecule has 0 unspecified atom stereocenters. The van der Waals surface area contributed by atoms with Gasteiger partial charge in [-0.2, -0.15) is 5.10 Å². The van der Waals surface area contributed by atoms with Gasteiger partial charge in [0.1, 0.15) is 11.5 Å². The van der Waals surface area contributed by atoms with E-state index in [0.717, 1.165) is 11.1 Å². The van der Waals surface area contributed by atoms with E-state index >= 15 is 0 Å². The average Bonchev–Trinajstić information content (AvgIpc) is 3.22. The summed E-state index contributed by atoms with van der Waals surface area (Å²) in [6, 6.07) is 13.3. The first-order chi connectivity index (χ1) is 16.5. The Bertz CT molecular complexity index is 1180. The smallest absolute Gasteiger partial charge is 0.272 e. The van der Waals surface area contributed by atoms with E-state index in [1.165, 1.54) is 18.2 Å². The van der Waals surface area contributed by atoms with Crippen molar-refractivity contribution in [3.8, 4) is 11.5 Å². The van der Waals surface area contributed by atoms with Crippen LogP contribution in [0.4, 0.5) is 4.39 Å². The molecule has 0 fully saturated rings. The standard InChI is InChI=1S/C25H27FN4O4/c1-33-22-9-6-17(14-23(22)34-2)10-11-27-24(31)20-15-21-25(32)29(12-3-13-30(21)28-20)16-18-4-7-19(26)8-5-18/h4-9,14-15H,3,10-13,16H2,1-2H3,(H,27,31). The molecule has 0 bridgehead atoms. The van der Waals surface area contributed by atoms with Crippen molar-refractivity contribution in [3.63, 3.8) is 0 Å². The Morgan fingerprint density at radius 1 is 1.03 bits per heavy atom. The predicted octanol–water partition coefficient (Wildman–Crippen LogP) is 3.06. The number of nitrogens with zero attached hydrogens (tertiary/aromatic N) is 3. The van der Waals surface area contributed by atoms with Gasteiger partial charge >= 0.3 is 0 Å². The van der Waals surface area contributed by atoms with Gasteiger partial charge in [-0.1, -0.05) is 18.2 Å². The molecule has 178 valence electrons. The number of nitrogens with one attached hydrogen (secondary N) is 1. The Morgan fingerprint density at radius 2 is 1.76 bits per heavy atom. The van der Waals surface area contributed by atoms with Gasteiger partial charge in [0.15, 0.2) is 17.2 Å². The maximum atomic E-state index is 13.2. The van der Waals surface area contributed by atoms with Crippen molar-refractivity contribution in [3.05, 3.63) is 76.9 Å². The fraction of sp³-hybridized carbons (Fsp3) is 0.320. The van der Waals surface area contributed by atoms with E-state index in [9.17, 15) is 14.0 Å². The molecular weight excluding hydrogens is 439 g/mol. The monoisotopic (exact) mass is 466 g/mol. The highest BCUT2D eigenvalue weighted by atomic mass is 19.1. The van der Waals surface area contributed by atoms with Crippen LogP contribution in [0.1, 0.15) is 38.5 Å². The molecule has 0 radical (unpaired) electrons. The lowest BCUT2D eigenvalue weighted by molar-refractivity contribution is 0.0745. The number of carbonyl (C=O) groups excluding carboxylic acids is 2. The van der Waals surface area contributed by atoms with E-state index in [-0.39, 0.29) is 23.3 Å². The molecule has 1 aliphatic heterocycles. The Balaban J connectivity index is 1.39. The number of fused-ring (bicyclic) bond motifs is 1. The van der Waals surface area contributed by atoms with Crippen LogP contribution in [0, 0.1) is 5.82 Å². The van der Waals surface area contributed by atoms with Crippen LogP contribution in [0.2, 0.25) is 0 Å². The zero-order valence-electron chi connectivity index (χ0n) is 19.2. The number of hydrogen-bond acceptors (Lipinski definition) is 5. The summed E-state index contributed by atoms with van der Waals surface area (Å²) in [4.78, 5) is 27.5. The van der Waals surface area contributed by atoms with Gasteiger partial charge in [-0.05, 0) is 48.2 Å². The minimum atomic E-state index is -0.334. The first kappa shape index (κ1) is 23.3. The normalized spacial score (nSPS) is 13.3. The Hall–Kier alpha value is -3.88. The Morgan fingerprint density at radius 3 is 2.50 bits per heavy atom. The maximum absolute atomic E-state index is 13.2. The zero-order chi connectivity index (χ0) is 24.1. The molecule has 2 amide bonds. The molecule has 2 heterocycles. The van der Waals surface area contributed by atoms with E-state index in [0.29, 0.717) is 56.2 Å². The quantitative estimate of drug-likeness (QED) is 0.552. The van der Waals surface area contributed by atoms with Crippen LogP contribution in [0.25, 0.3) is 0 Å². The number of amides is 2. The third-order valence-electron chi connectivity index (χ3n) is 5.75. The average molecular weight is 467 g/mol. The first-order valence-electron chi connectivity index (χ1n) is 11.1. The SMILES string of the molecule is COc1ccc(CCNC(=O)c2cc3n(n2)CCCN(Cc2ccc(F)cc2)C3=O)cc1OC. The molecule has 1 aromatic heterocycles. The molecule has 0 spiro atoms. The molecular formula is C25H27FN4O4. The largest absolute Gasteiger partial charge is 0.493 e. The molecule has 4 rings (SSSR count). The summed E-state index contributed by atoms with van der Waals surface area (Å²) in [6.07, 6.45) is 1.31. The van der Waals surface area contributed by atoms with Crippen molar-refractivity contribution in [1.29, 1.82) is 0 Å². The number of carbonyl (C=O) groups is 2. The van der Waals surface area contributed by atoms with Crippen LogP contribution in [0.15, 0.2) is 48.5 Å². The van der Waals surface area contributed by atoms with Crippen LogP contribution in [-0.4, -0.2) is 53.8 Å². The Labute approximate surface area is 197 Å². The van der Waals surface area contributed by atoms with Crippen LogP contribution in [0.5, 0.6) is 11.5 Å². The molecule has 3 aromatic rings. The van der Waals surface area contributed by atoms with Crippen molar-refractivity contribution in [2.75, 3.05) is 27.3 Å². The third-order valence-corrected chi connectivity index (χ3v) is 5.75. The van der Waals surface area contributed by atoms with E-state index in [1.807, 2.05) is 18.2 Å². The minimum Gasteiger partial charge on any atom is -0.493 e. The Kier molecular flexibility index (Phi) is 7.10. The van der Waals surface area contributed by atoms with Crippen molar-refractivity contribution in [2.24, 2.45) is 0 Å². The second kappa shape index (κ2) is 10.4. The lowest BCUT2D eigenvalue weighted by Gasteiger charge is -2.20. The fourth-order valence-corrected chi connectivity index (χ4v) is 3.95. The molecule has 0 saturated heterocycles. The van der Waals surface area contributed by atoms with Crippen molar-refractivity contribution in [2.45, 2.75) is 25.9 Å². The summed E-state index contributed by atoms with van der Waals surface area (Å²) >= 11 is 0. The maximum Gasteiger partial charge on any atom is 0.272 e. The van der Waals surface area contributed by atoms with Gasteiger partial charge in [0.25, 0.3) is 11.8 Å². The summed E-state index contributed by atoms with van der Waals surface area (Å²) in [6.45, 7) is 1.88. The molecule has 0 atom stereocenters. The second-order valence-electron chi connectivity index (χ2n) is 8.04. The van der Waals surface area contributed by atoms with Crippen LogP contribution in [0.3, 0.4) is 0 Å².